The van der Waals surface area contributed by atoms with Crippen molar-refractivity contribution in [2.75, 3.05) is 6.54 Å². The van der Waals surface area contributed by atoms with Crippen molar-refractivity contribution in [2.45, 2.75) is 76.5 Å². The van der Waals surface area contributed by atoms with E-state index >= 15 is 0 Å². The fourth-order valence-corrected chi connectivity index (χ4v) is 3.04. The summed E-state index contributed by atoms with van der Waals surface area (Å²) < 4.78 is 0. The molecule has 0 amide bonds. The van der Waals surface area contributed by atoms with Crippen molar-refractivity contribution in [2.24, 2.45) is 5.73 Å². The van der Waals surface area contributed by atoms with Crippen LogP contribution in [0.2, 0.25) is 0 Å². The van der Waals surface area contributed by atoms with Crippen LogP contribution in [0.3, 0.4) is 0 Å². The minimum absolute atomic E-state index is 0.531. The highest BCUT2D eigenvalue weighted by molar-refractivity contribution is 5.22. The van der Waals surface area contributed by atoms with E-state index in [-0.39, 0.29) is 0 Å². The lowest BCUT2D eigenvalue weighted by Crippen LogP contribution is -1.97. The van der Waals surface area contributed by atoms with Crippen LogP contribution in [0, 0.1) is 0 Å². The summed E-state index contributed by atoms with van der Waals surface area (Å²) in [4.78, 5) is 0. The molecule has 0 spiro atoms. The van der Waals surface area contributed by atoms with Gasteiger partial charge in [0.25, 0.3) is 0 Å². The first-order chi connectivity index (χ1) is 10.9. The Morgan fingerprint density at radius 1 is 0.773 bits per heavy atom. The Balaban J connectivity index is 1.95. The van der Waals surface area contributed by atoms with Gasteiger partial charge < -0.3 is 5.73 Å². The van der Waals surface area contributed by atoms with E-state index in [1.165, 1.54) is 76.2 Å². The number of unbranched alkanes of at least 4 members (excludes halogenated alkanes) is 9. The molecule has 22 heavy (non-hydrogen) atoms. The monoisotopic (exact) mass is 301 g/mol. The minimum atomic E-state index is 0.531. The van der Waals surface area contributed by atoms with Crippen LogP contribution in [0.5, 0.6) is 0 Å². The van der Waals surface area contributed by atoms with Gasteiger partial charge in [-0.05, 0) is 24.9 Å². The summed E-state index contributed by atoms with van der Waals surface area (Å²) in [6.07, 6.45) is 16.9. The van der Waals surface area contributed by atoms with E-state index in [1.807, 2.05) is 0 Å². The van der Waals surface area contributed by atoms with E-state index in [9.17, 15) is 0 Å². The van der Waals surface area contributed by atoms with Crippen molar-refractivity contribution >= 4 is 0 Å². The van der Waals surface area contributed by atoms with Crippen molar-refractivity contribution in [1.29, 1.82) is 0 Å². The average Bonchev–Trinajstić information content (AvgIpc) is 2.57. The second-order valence-electron chi connectivity index (χ2n) is 6.37. The van der Waals surface area contributed by atoms with Crippen molar-refractivity contribution in [1.82, 2.24) is 0 Å². The van der Waals surface area contributed by atoms with Gasteiger partial charge >= 0.3 is 0 Å². The molecule has 1 unspecified atom stereocenters. The van der Waals surface area contributed by atoms with Crippen LogP contribution in [-0.4, -0.2) is 6.54 Å². The van der Waals surface area contributed by atoms with E-state index in [0.29, 0.717) is 5.92 Å². The summed E-state index contributed by atoms with van der Waals surface area (Å²) in [5, 5.41) is 0. The van der Waals surface area contributed by atoms with Crippen molar-refractivity contribution in [3.05, 3.63) is 48.6 Å². The molecule has 0 fully saturated rings. The highest BCUT2D eigenvalue weighted by Crippen LogP contribution is 2.23. The molecule has 1 aromatic carbocycles. The second kappa shape index (κ2) is 13.6. The van der Waals surface area contributed by atoms with Gasteiger partial charge in [-0.2, -0.15) is 0 Å². The van der Waals surface area contributed by atoms with E-state index in [4.69, 9.17) is 5.73 Å². The lowest BCUT2D eigenvalue weighted by Gasteiger charge is -2.12. The van der Waals surface area contributed by atoms with Gasteiger partial charge in [0.05, 0.1) is 0 Å². The summed E-state index contributed by atoms with van der Waals surface area (Å²) in [6, 6.07) is 10.8. The maximum atomic E-state index is 5.50. The summed E-state index contributed by atoms with van der Waals surface area (Å²) in [7, 11) is 0. The molecule has 1 aromatic rings. The minimum Gasteiger partial charge on any atom is -0.330 e. The van der Waals surface area contributed by atoms with Crippen LogP contribution < -0.4 is 5.73 Å². The van der Waals surface area contributed by atoms with Gasteiger partial charge in [-0.1, -0.05) is 94.2 Å². The summed E-state index contributed by atoms with van der Waals surface area (Å²) in [5.41, 5.74) is 6.91. The largest absolute Gasteiger partial charge is 0.330 e. The van der Waals surface area contributed by atoms with Gasteiger partial charge in [0.2, 0.25) is 0 Å². The quantitative estimate of drug-likeness (QED) is 0.321. The lowest BCUT2D eigenvalue weighted by molar-refractivity contribution is 0.540. The molecule has 1 nitrogen and oxygen atoms in total. The van der Waals surface area contributed by atoms with Crippen molar-refractivity contribution in [3.8, 4) is 0 Å². The van der Waals surface area contributed by atoms with Gasteiger partial charge in [-0.3, -0.25) is 0 Å². The molecule has 1 atom stereocenters. The Hall–Kier alpha value is -1.08. The van der Waals surface area contributed by atoms with E-state index in [2.05, 4.69) is 43.0 Å². The Kier molecular flexibility index (Phi) is 11.7. The zero-order chi connectivity index (χ0) is 15.9. The first-order valence-corrected chi connectivity index (χ1v) is 9.26. The molecule has 0 aliphatic rings. The molecule has 0 saturated carbocycles. The summed E-state index contributed by atoms with van der Waals surface area (Å²) in [6.45, 7) is 4.86. The third-order valence-corrected chi connectivity index (χ3v) is 4.48. The van der Waals surface area contributed by atoms with Gasteiger partial charge in [0.15, 0.2) is 0 Å². The Labute approximate surface area is 138 Å². The summed E-state index contributed by atoms with van der Waals surface area (Å²) >= 11 is 0. The van der Waals surface area contributed by atoms with Crippen LogP contribution in [-0.2, 0) is 0 Å². The number of allylic oxidation sites excluding steroid dienone is 1. The first kappa shape index (κ1) is 19.0. The molecule has 0 heterocycles. The molecule has 1 heteroatoms. The number of hydrogen-bond acceptors (Lipinski definition) is 1. The van der Waals surface area contributed by atoms with E-state index in [0.717, 1.165) is 6.54 Å². The van der Waals surface area contributed by atoms with Crippen molar-refractivity contribution in [3.63, 3.8) is 0 Å². The van der Waals surface area contributed by atoms with Gasteiger partial charge in [-0.25, -0.2) is 0 Å². The Morgan fingerprint density at radius 3 is 1.77 bits per heavy atom. The second-order valence-corrected chi connectivity index (χ2v) is 6.37. The normalized spacial score (nSPS) is 12.2. The van der Waals surface area contributed by atoms with Gasteiger partial charge in [0, 0.05) is 5.92 Å². The zero-order valence-corrected chi connectivity index (χ0v) is 14.3. The number of hydrogen-bond donors (Lipinski definition) is 1. The molecular weight excluding hydrogens is 266 g/mol. The maximum Gasteiger partial charge on any atom is 0.00152 e. The molecule has 0 aliphatic heterocycles. The molecule has 2 N–H and O–H groups in total. The number of benzene rings is 1. The first-order valence-electron chi connectivity index (χ1n) is 9.26. The SMILES string of the molecule is C=CC(CCCCCCCCCCCCN)c1ccccc1. The average molecular weight is 302 g/mol. The molecule has 0 aromatic heterocycles. The topological polar surface area (TPSA) is 26.0 Å². The molecule has 0 saturated heterocycles. The van der Waals surface area contributed by atoms with Crippen LogP contribution in [0.4, 0.5) is 0 Å². The predicted molar refractivity (Wildman–Crippen MR) is 99.2 cm³/mol. The number of nitrogens with two attached hydrogens (primary N) is 1. The van der Waals surface area contributed by atoms with E-state index in [1.54, 1.807) is 0 Å². The Bertz CT molecular complexity index is 357. The van der Waals surface area contributed by atoms with Crippen LogP contribution >= 0.6 is 0 Å². The molecule has 1 rings (SSSR count). The fourth-order valence-electron chi connectivity index (χ4n) is 3.04. The molecule has 0 radical (unpaired) electrons. The van der Waals surface area contributed by atoms with Gasteiger partial charge in [0.1, 0.15) is 0 Å². The Morgan fingerprint density at radius 2 is 1.27 bits per heavy atom. The van der Waals surface area contributed by atoms with Crippen LogP contribution in [0.1, 0.15) is 82.1 Å². The fraction of sp³-hybridized carbons (Fsp3) is 0.619. The van der Waals surface area contributed by atoms with Crippen LogP contribution in [0.15, 0.2) is 43.0 Å². The molecule has 0 bridgehead atoms. The third kappa shape index (κ3) is 9.04. The molecular formula is C21H35N. The third-order valence-electron chi connectivity index (χ3n) is 4.48. The lowest BCUT2D eigenvalue weighted by atomic mass is 9.93. The summed E-state index contributed by atoms with van der Waals surface area (Å²) in [5.74, 6) is 0.531. The zero-order valence-electron chi connectivity index (χ0n) is 14.3. The molecule has 124 valence electrons. The molecule has 0 aliphatic carbocycles. The number of rotatable bonds is 14. The standard InChI is InChI=1S/C21H35N/c1-2-20(21-17-13-11-14-18-21)16-12-9-7-5-3-4-6-8-10-15-19-22/h2,11,13-14,17-18,20H,1,3-10,12,15-16,19,22H2. The van der Waals surface area contributed by atoms with Crippen LogP contribution in [0.25, 0.3) is 0 Å². The van der Waals surface area contributed by atoms with E-state index < -0.39 is 0 Å². The highest BCUT2D eigenvalue weighted by Gasteiger charge is 2.06. The highest BCUT2D eigenvalue weighted by atomic mass is 14.5. The smallest absolute Gasteiger partial charge is 0.00152 e. The maximum absolute atomic E-state index is 5.50. The van der Waals surface area contributed by atoms with Crippen molar-refractivity contribution < 1.29 is 0 Å². The predicted octanol–water partition coefficient (Wildman–Crippen LogP) is 6.21. The van der Waals surface area contributed by atoms with Gasteiger partial charge in [-0.15, -0.1) is 6.58 Å².